The van der Waals surface area contributed by atoms with Crippen LogP contribution in [0.2, 0.25) is 0 Å². The molecule has 3 rings (SSSR count). The molecule has 4 N–H and O–H groups in total. The minimum atomic E-state index is -0.352. The van der Waals surface area contributed by atoms with Crippen LogP contribution in [0.3, 0.4) is 0 Å². The van der Waals surface area contributed by atoms with Crippen molar-refractivity contribution in [3.63, 3.8) is 0 Å². The molecule has 0 saturated carbocycles. The number of aromatic nitrogens is 1. The molecule has 0 aliphatic heterocycles. The van der Waals surface area contributed by atoms with Crippen LogP contribution in [0.25, 0.3) is 0 Å². The minimum absolute atomic E-state index is 0.352. The van der Waals surface area contributed by atoms with Gasteiger partial charge in [0.15, 0.2) is 0 Å². The highest BCUT2D eigenvalue weighted by Gasteiger charge is 2.16. The molecule has 0 unspecified atom stereocenters. The molecule has 3 aromatic rings. The highest BCUT2D eigenvalue weighted by atomic mass is 16.5. The largest absolute Gasteiger partial charge is 0.465 e. The Morgan fingerprint density at radius 1 is 1.00 bits per heavy atom. The summed E-state index contributed by atoms with van der Waals surface area (Å²) in [5.41, 5.74) is 5.44. The predicted molar refractivity (Wildman–Crippen MR) is 114 cm³/mol. The third kappa shape index (κ3) is 5.10. The molecule has 0 fully saturated rings. The molecule has 148 valence electrons. The van der Waals surface area contributed by atoms with E-state index < -0.39 is 0 Å². The van der Waals surface area contributed by atoms with Crippen molar-refractivity contribution in [2.24, 2.45) is 21.9 Å². The van der Waals surface area contributed by atoms with Gasteiger partial charge in [0, 0.05) is 18.9 Å². The normalized spacial score (nSPS) is 11.3. The maximum absolute atomic E-state index is 12.3. The summed E-state index contributed by atoms with van der Waals surface area (Å²) in [6.07, 6.45) is 7.59. The number of hydrogen-bond donors (Lipinski definition) is 2. The van der Waals surface area contributed by atoms with E-state index in [0.29, 0.717) is 18.5 Å². The molecule has 0 saturated heterocycles. The second-order valence-corrected chi connectivity index (χ2v) is 6.58. The third-order valence-electron chi connectivity index (χ3n) is 4.51. The molecule has 0 radical (unpaired) electrons. The van der Waals surface area contributed by atoms with Crippen LogP contribution >= 0.6 is 0 Å². The molecule has 0 amide bonds. The number of hydrazone groups is 2. The fourth-order valence-electron chi connectivity index (χ4n) is 3.18. The van der Waals surface area contributed by atoms with Crippen molar-refractivity contribution in [2.75, 3.05) is 7.11 Å². The van der Waals surface area contributed by atoms with Crippen molar-refractivity contribution in [3.05, 3.63) is 94.3 Å². The Morgan fingerprint density at radius 3 is 2.41 bits per heavy atom. The number of carbonyl (C=O) groups excluding carboxylic acids is 1. The molecule has 29 heavy (non-hydrogen) atoms. The maximum Gasteiger partial charge on any atom is 0.339 e. The van der Waals surface area contributed by atoms with Gasteiger partial charge in [-0.15, -0.1) is 0 Å². The number of hydrogen-bond acceptors (Lipinski definition) is 6. The first-order valence-electron chi connectivity index (χ1n) is 9.04. The lowest BCUT2D eigenvalue weighted by molar-refractivity contribution is 0.0599. The van der Waals surface area contributed by atoms with Crippen molar-refractivity contribution < 1.29 is 9.53 Å². The van der Waals surface area contributed by atoms with Crippen molar-refractivity contribution in [1.82, 2.24) is 4.57 Å². The van der Waals surface area contributed by atoms with Gasteiger partial charge < -0.3 is 21.0 Å². The first-order chi connectivity index (χ1) is 14.1. The summed E-state index contributed by atoms with van der Waals surface area (Å²) >= 11 is 0. The number of rotatable bonds is 7. The zero-order valence-corrected chi connectivity index (χ0v) is 16.2. The van der Waals surface area contributed by atoms with Crippen LogP contribution in [0, 0.1) is 0 Å². The Hall–Kier alpha value is -3.87. The van der Waals surface area contributed by atoms with Gasteiger partial charge >= 0.3 is 5.97 Å². The van der Waals surface area contributed by atoms with Crippen LogP contribution in [0.15, 0.2) is 71.1 Å². The summed E-state index contributed by atoms with van der Waals surface area (Å²) in [6, 6.07) is 15.8. The third-order valence-corrected chi connectivity index (χ3v) is 4.51. The predicted octanol–water partition coefficient (Wildman–Crippen LogP) is 2.50. The summed E-state index contributed by atoms with van der Waals surface area (Å²) in [6.45, 7) is 0.613. The van der Waals surface area contributed by atoms with Gasteiger partial charge in [0.2, 0.25) is 0 Å². The highest BCUT2D eigenvalue weighted by Crippen LogP contribution is 2.19. The Kier molecular flexibility index (Phi) is 6.42. The Balaban J connectivity index is 1.86. The zero-order valence-electron chi connectivity index (χ0n) is 16.2. The lowest BCUT2D eigenvalue weighted by atomic mass is 10.0. The molecular formula is C22H23N5O2. The van der Waals surface area contributed by atoms with Gasteiger partial charge in [0.1, 0.15) is 0 Å². The van der Waals surface area contributed by atoms with Gasteiger partial charge in [-0.3, -0.25) is 0 Å². The van der Waals surface area contributed by atoms with E-state index in [0.717, 1.165) is 27.8 Å². The summed E-state index contributed by atoms with van der Waals surface area (Å²) in [5, 5.41) is 7.09. The molecule has 7 nitrogen and oxygen atoms in total. The molecule has 2 aromatic carbocycles. The van der Waals surface area contributed by atoms with Crippen molar-refractivity contribution in [2.45, 2.75) is 13.0 Å². The zero-order chi connectivity index (χ0) is 20.6. The fourth-order valence-corrected chi connectivity index (χ4v) is 3.18. The second-order valence-electron chi connectivity index (χ2n) is 6.58. The summed E-state index contributed by atoms with van der Waals surface area (Å²) in [4.78, 5) is 12.3. The number of methoxy groups -OCH3 is 1. The van der Waals surface area contributed by atoms with Gasteiger partial charge in [0.25, 0.3) is 0 Å². The number of benzene rings is 2. The van der Waals surface area contributed by atoms with E-state index in [4.69, 9.17) is 16.4 Å². The van der Waals surface area contributed by atoms with E-state index >= 15 is 0 Å². The van der Waals surface area contributed by atoms with Crippen LogP contribution in [0.4, 0.5) is 0 Å². The molecule has 0 aliphatic rings. The van der Waals surface area contributed by atoms with Crippen LogP contribution in [-0.2, 0) is 17.7 Å². The first-order valence-corrected chi connectivity index (χ1v) is 9.04. The topological polar surface area (TPSA) is 108 Å². The fraction of sp³-hybridized carbons (Fsp3) is 0.136. The van der Waals surface area contributed by atoms with E-state index in [2.05, 4.69) is 10.2 Å². The summed E-state index contributed by atoms with van der Waals surface area (Å²) in [7, 11) is 1.39. The molecule has 1 aromatic heterocycles. The Morgan fingerprint density at radius 2 is 1.72 bits per heavy atom. The quantitative estimate of drug-likeness (QED) is 0.280. The Bertz CT molecular complexity index is 1040. The maximum atomic E-state index is 12.3. The van der Waals surface area contributed by atoms with Crippen molar-refractivity contribution in [1.29, 1.82) is 0 Å². The van der Waals surface area contributed by atoms with Crippen LogP contribution < -0.4 is 11.7 Å². The van der Waals surface area contributed by atoms with Crippen LogP contribution in [0.1, 0.15) is 38.2 Å². The van der Waals surface area contributed by atoms with E-state index in [1.54, 1.807) is 12.4 Å². The van der Waals surface area contributed by atoms with Crippen LogP contribution in [0.5, 0.6) is 0 Å². The smallest absolute Gasteiger partial charge is 0.339 e. The molecule has 0 spiro atoms. The number of nitrogens with zero attached hydrogens (tertiary/aromatic N) is 3. The molecule has 0 aliphatic carbocycles. The molecular weight excluding hydrogens is 366 g/mol. The van der Waals surface area contributed by atoms with Gasteiger partial charge in [-0.2, -0.15) is 10.2 Å². The molecule has 7 heteroatoms. The number of carbonyl (C=O) groups is 1. The average molecular weight is 389 g/mol. The minimum Gasteiger partial charge on any atom is -0.465 e. The van der Waals surface area contributed by atoms with E-state index in [1.807, 2.05) is 65.5 Å². The lowest BCUT2D eigenvalue weighted by Gasteiger charge is -2.04. The second kappa shape index (κ2) is 9.36. The van der Waals surface area contributed by atoms with E-state index in [9.17, 15) is 4.79 Å². The van der Waals surface area contributed by atoms with E-state index in [-0.39, 0.29) is 5.97 Å². The number of esters is 1. The number of ether oxygens (including phenoxy) is 1. The highest BCUT2D eigenvalue weighted by molar-refractivity contribution is 5.91. The van der Waals surface area contributed by atoms with Gasteiger partial charge in [-0.25, -0.2) is 4.79 Å². The van der Waals surface area contributed by atoms with Gasteiger partial charge in [0.05, 0.1) is 25.1 Å². The molecule has 0 atom stereocenters. The van der Waals surface area contributed by atoms with Crippen LogP contribution in [-0.4, -0.2) is 30.1 Å². The Labute approximate surface area is 169 Å². The standard InChI is InChI=1S/C22H23N5O2/c1-29-22(28)21-15-27(13-19-4-2-3-18(9-19)12-26-24)14-20(21)10-16-5-7-17(8-6-16)11-25-23/h2-9,11-12,14-15H,10,13,23-24H2,1H3/b25-11-,26-12-. The lowest BCUT2D eigenvalue weighted by Crippen LogP contribution is -2.03. The monoisotopic (exact) mass is 389 g/mol. The SMILES string of the molecule is COC(=O)c1cn(Cc2cccc(/C=N\N)c2)cc1Cc1ccc(/C=N\N)cc1. The van der Waals surface area contributed by atoms with Crippen molar-refractivity contribution in [3.8, 4) is 0 Å². The first kappa shape index (κ1) is 19.9. The molecule has 1 heterocycles. The van der Waals surface area contributed by atoms with Gasteiger partial charge in [-0.05, 0) is 40.3 Å². The van der Waals surface area contributed by atoms with Gasteiger partial charge in [-0.1, -0.05) is 42.5 Å². The van der Waals surface area contributed by atoms with Crippen molar-refractivity contribution >= 4 is 18.4 Å². The van der Waals surface area contributed by atoms with E-state index in [1.165, 1.54) is 7.11 Å². The summed E-state index contributed by atoms with van der Waals surface area (Å²) in [5.74, 6) is 10.1. The summed E-state index contributed by atoms with van der Waals surface area (Å²) < 4.78 is 6.95. The number of nitrogens with two attached hydrogens (primary N) is 2. The average Bonchev–Trinajstić information content (AvgIpc) is 3.11. The molecule has 0 bridgehead atoms.